The Morgan fingerprint density at radius 3 is 1.95 bits per heavy atom. The third kappa shape index (κ3) is 3.08. The lowest BCUT2D eigenvalue weighted by Gasteiger charge is -2.15. The van der Waals surface area contributed by atoms with Crippen LogP contribution in [0.1, 0.15) is 40.4 Å². The molecule has 4 heteroatoms. The van der Waals surface area contributed by atoms with Crippen LogP contribution >= 0.6 is 0 Å². The number of ketones is 2. The summed E-state index contributed by atoms with van der Waals surface area (Å²) in [4.78, 5) is 34.7. The van der Waals surface area contributed by atoms with Crippen molar-refractivity contribution in [2.45, 2.75) is 34.1 Å². The minimum absolute atomic E-state index is 0.191. The molecule has 0 fully saturated rings. The zero-order valence-corrected chi connectivity index (χ0v) is 11.6. The Kier molecular flexibility index (Phi) is 4.59. The number of carboxylic acid groups (broad SMARTS) is 1. The van der Waals surface area contributed by atoms with Crippen molar-refractivity contribution >= 4 is 17.5 Å². The van der Waals surface area contributed by atoms with Gasteiger partial charge < -0.3 is 5.11 Å². The van der Waals surface area contributed by atoms with Crippen molar-refractivity contribution in [1.82, 2.24) is 0 Å². The van der Waals surface area contributed by atoms with Gasteiger partial charge in [0.25, 0.3) is 5.78 Å². The minimum Gasteiger partial charge on any atom is -0.475 e. The zero-order valence-electron chi connectivity index (χ0n) is 11.6. The fourth-order valence-electron chi connectivity index (χ4n) is 2.38. The highest BCUT2D eigenvalue weighted by atomic mass is 16.4. The molecule has 0 aliphatic rings. The van der Waals surface area contributed by atoms with Crippen LogP contribution in [0.4, 0.5) is 0 Å². The van der Waals surface area contributed by atoms with Crippen LogP contribution in [0.3, 0.4) is 0 Å². The average molecular weight is 262 g/mol. The molecule has 0 saturated carbocycles. The molecule has 0 aliphatic carbocycles. The maximum atomic E-state index is 12.4. The Hall–Kier alpha value is -1.97. The number of carbonyl (C=O) groups excluding carboxylic acids is 2. The summed E-state index contributed by atoms with van der Waals surface area (Å²) in [6.45, 7) is 7.16. The second kappa shape index (κ2) is 5.78. The highest BCUT2D eigenvalue weighted by molar-refractivity contribution is 6.38. The van der Waals surface area contributed by atoms with Gasteiger partial charge in [-0.3, -0.25) is 9.59 Å². The number of benzene rings is 1. The summed E-state index contributed by atoms with van der Waals surface area (Å²) in [5.41, 5.74) is 3.05. The fraction of sp³-hybridized carbons (Fsp3) is 0.400. The van der Waals surface area contributed by atoms with Crippen molar-refractivity contribution in [1.29, 1.82) is 0 Å². The highest BCUT2D eigenvalue weighted by Gasteiger charge is 2.31. The van der Waals surface area contributed by atoms with Crippen molar-refractivity contribution in [3.05, 3.63) is 34.4 Å². The van der Waals surface area contributed by atoms with Crippen molar-refractivity contribution in [3.63, 3.8) is 0 Å². The molecule has 1 rings (SSSR count). The number of carboxylic acids is 1. The summed E-state index contributed by atoms with van der Waals surface area (Å²) in [6.07, 6.45) is 0.191. The van der Waals surface area contributed by atoms with E-state index in [1.54, 1.807) is 20.8 Å². The summed E-state index contributed by atoms with van der Waals surface area (Å²) in [7, 11) is 0. The molecule has 0 aromatic heterocycles. The number of carbonyl (C=O) groups is 3. The second-order valence-corrected chi connectivity index (χ2v) is 4.77. The van der Waals surface area contributed by atoms with E-state index in [2.05, 4.69) is 0 Å². The lowest BCUT2D eigenvalue weighted by molar-refractivity contribution is -0.150. The third-order valence-electron chi connectivity index (χ3n) is 3.18. The van der Waals surface area contributed by atoms with Crippen LogP contribution in [0.25, 0.3) is 0 Å². The van der Waals surface area contributed by atoms with E-state index in [1.165, 1.54) is 0 Å². The first-order valence-electron chi connectivity index (χ1n) is 6.18. The zero-order chi connectivity index (χ0) is 14.7. The largest absolute Gasteiger partial charge is 0.475 e. The topological polar surface area (TPSA) is 71.4 Å². The third-order valence-corrected chi connectivity index (χ3v) is 3.18. The standard InChI is InChI=1S/C15H18O4/c1-5-11(14(17)15(18)19)13(16)12-9(3)6-8(2)7-10(12)4/h6-7,11H,5H2,1-4H3,(H,18,19). The molecular weight excluding hydrogens is 244 g/mol. The van der Waals surface area contributed by atoms with Crippen LogP contribution < -0.4 is 0 Å². The normalized spacial score (nSPS) is 12.0. The molecule has 0 amide bonds. The number of rotatable bonds is 5. The lowest BCUT2D eigenvalue weighted by Crippen LogP contribution is -2.30. The van der Waals surface area contributed by atoms with Gasteiger partial charge in [-0.05, 0) is 38.3 Å². The Bertz CT molecular complexity index is 520. The van der Waals surface area contributed by atoms with E-state index in [1.807, 2.05) is 19.1 Å². The van der Waals surface area contributed by atoms with Gasteiger partial charge in [0.05, 0.1) is 5.92 Å². The maximum Gasteiger partial charge on any atom is 0.372 e. The predicted molar refractivity (Wildman–Crippen MR) is 71.4 cm³/mol. The van der Waals surface area contributed by atoms with E-state index < -0.39 is 23.5 Å². The molecule has 1 N–H and O–H groups in total. The number of aryl methyl sites for hydroxylation is 3. The van der Waals surface area contributed by atoms with Gasteiger partial charge in [0.2, 0.25) is 0 Å². The summed E-state index contributed by atoms with van der Waals surface area (Å²) < 4.78 is 0. The quantitative estimate of drug-likeness (QED) is 0.502. The fourth-order valence-corrected chi connectivity index (χ4v) is 2.38. The van der Waals surface area contributed by atoms with Crippen LogP contribution in [-0.2, 0) is 9.59 Å². The molecule has 4 nitrogen and oxygen atoms in total. The van der Waals surface area contributed by atoms with Gasteiger partial charge in [0.1, 0.15) is 0 Å². The van der Waals surface area contributed by atoms with E-state index in [4.69, 9.17) is 5.11 Å². The monoisotopic (exact) mass is 262 g/mol. The molecule has 0 spiro atoms. The van der Waals surface area contributed by atoms with Crippen molar-refractivity contribution < 1.29 is 19.5 Å². The van der Waals surface area contributed by atoms with Crippen molar-refractivity contribution in [2.24, 2.45) is 5.92 Å². The molecule has 102 valence electrons. The summed E-state index contributed by atoms with van der Waals surface area (Å²) >= 11 is 0. The summed E-state index contributed by atoms with van der Waals surface area (Å²) in [5, 5.41) is 8.76. The van der Waals surface area contributed by atoms with Gasteiger partial charge in [-0.25, -0.2) is 4.79 Å². The van der Waals surface area contributed by atoms with Gasteiger partial charge in [-0.15, -0.1) is 0 Å². The molecule has 19 heavy (non-hydrogen) atoms. The SMILES string of the molecule is CCC(C(=O)C(=O)O)C(=O)c1c(C)cc(C)cc1C. The first-order chi connectivity index (χ1) is 8.79. The Morgan fingerprint density at radius 2 is 1.58 bits per heavy atom. The van der Waals surface area contributed by atoms with Crippen LogP contribution in [0.5, 0.6) is 0 Å². The van der Waals surface area contributed by atoms with E-state index >= 15 is 0 Å². The maximum absolute atomic E-state index is 12.4. The van der Waals surface area contributed by atoms with E-state index in [9.17, 15) is 14.4 Å². The number of hydrogen-bond acceptors (Lipinski definition) is 3. The average Bonchev–Trinajstić information content (AvgIpc) is 2.28. The lowest BCUT2D eigenvalue weighted by atomic mass is 9.86. The highest BCUT2D eigenvalue weighted by Crippen LogP contribution is 2.22. The Labute approximate surface area is 112 Å². The molecule has 0 saturated heterocycles. The van der Waals surface area contributed by atoms with E-state index in [-0.39, 0.29) is 6.42 Å². The van der Waals surface area contributed by atoms with Crippen molar-refractivity contribution in [2.75, 3.05) is 0 Å². The molecule has 0 bridgehead atoms. The number of aliphatic carboxylic acids is 1. The molecular formula is C15H18O4. The van der Waals surface area contributed by atoms with E-state index in [0.29, 0.717) is 5.56 Å². The van der Waals surface area contributed by atoms with Crippen molar-refractivity contribution in [3.8, 4) is 0 Å². The molecule has 1 unspecified atom stereocenters. The predicted octanol–water partition coefficient (Wildman–Crippen LogP) is 2.47. The molecule has 1 atom stereocenters. The van der Waals surface area contributed by atoms with Gasteiger partial charge >= 0.3 is 5.97 Å². The summed E-state index contributed by atoms with van der Waals surface area (Å²) in [6, 6.07) is 3.72. The van der Waals surface area contributed by atoms with Gasteiger partial charge in [0.15, 0.2) is 5.78 Å². The Balaban J connectivity index is 3.26. The smallest absolute Gasteiger partial charge is 0.372 e. The minimum atomic E-state index is -1.55. The summed E-state index contributed by atoms with van der Waals surface area (Å²) in [5.74, 6) is -4.09. The molecule has 0 radical (unpaired) electrons. The molecule has 0 aliphatic heterocycles. The molecule has 0 heterocycles. The molecule has 1 aromatic rings. The van der Waals surface area contributed by atoms with Gasteiger partial charge in [-0.2, -0.15) is 0 Å². The first kappa shape index (κ1) is 15.1. The van der Waals surface area contributed by atoms with Gasteiger partial charge in [0, 0.05) is 5.56 Å². The number of Topliss-reactive ketones (excluding diaryl/α,β-unsaturated/α-hetero) is 2. The van der Waals surface area contributed by atoms with Gasteiger partial charge in [-0.1, -0.05) is 24.6 Å². The number of hydrogen-bond donors (Lipinski definition) is 1. The molecule has 1 aromatic carbocycles. The van der Waals surface area contributed by atoms with Crippen LogP contribution in [0.2, 0.25) is 0 Å². The van der Waals surface area contributed by atoms with Crippen LogP contribution in [-0.4, -0.2) is 22.6 Å². The van der Waals surface area contributed by atoms with Crippen LogP contribution in [0.15, 0.2) is 12.1 Å². The van der Waals surface area contributed by atoms with Crippen LogP contribution in [0, 0.1) is 26.7 Å². The second-order valence-electron chi connectivity index (χ2n) is 4.77. The first-order valence-corrected chi connectivity index (χ1v) is 6.18. The Morgan fingerprint density at radius 1 is 1.11 bits per heavy atom. The van der Waals surface area contributed by atoms with E-state index in [0.717, 1.165) is 16.7 Å².